The molecule has 11 heteroatoms. The predicted molar refractivity (Wildman–Crippen MR) is 122 cm³/mol. The van der Waals surface area contributed by atoms with Crippen molar-refractivity contribution < 1.29 is 18.0 Å². The van der Waals surface area contributed by atoms with Gasteiger partial charge in [-0.15, -0.1) is 0 Å². The van der Waals surface area contributed by atoms with E-state index in [0.717, 1.165) is 6.07 Å². The van der Waals surface area contributed by atoms with Crippen LogP contribution in [0.15, 0.2) is 35.4 Å². The van der Waals surface area contributed by atoms with Gasteiger partial charge >= 0.3 is 0 Å². The second kappa shape index (κ2) is 9.02. The standard InChI is InChI=1S/C24H23F3N6O2/c1-14(34)33-8-7-24(11-28,12-33)18-9-17-21(29-13-30-22(17)32(3)23(18)35)31(2)10-15-5-4-6-16(19(15)25)20(26)27/h4-6,9,13,20H,7-8,10,12H2,1-3H3. The van der Waals surface area contributed by atoms with Crippen LogP contribution in [0.4, 0.5) is 19.0 Å². The molecule has 1 fully saturated rings. The normalized spacial score (nSPS) is 17.7. The van der Waals surface area contributed by atoms with Crippen molar-refractivity contribution in [1.82, 2.24) is 19.4 Å². The van der Waals surface area contributed by atoms with Crippen molar-refractivity contribution in [2.75, 3.05) is 25.0 Å². The number of fused-ring (bicyclic) bond motifs is 1. The summed E-state index contributed by atoms with van der Waals surface area (Å²) < 4.78 is 42.2. The van der Waals surface area contributed by atoms with Crippen LogP contribution in [0.2, 0.25) is 0 Å². The lowest BCUT2D eigenvalue weighted by atomic mass is 9.81. The molecule has 1 amide bonds. The number of aryl methyl sites for hydroxylation is 1. The van der Waals surface area contributed by atoms with E-state index in [0.29, 0.717) is 29.8 Å². The van der Waals surface area contributed by atoms with E-state index >= 15 is 0 Å². The number of alkyl halides is 2. The van der Waals surface area contributed by atoms with Gasteiger partial charge in [0.1, 0.15) is 29.0 Å². The van der Waals surface area contributed by atoms with E-state index in [2.05, 4.69) is 16.0 Å². The molecule has 0 saturated carbocycles. The zero-order valence-corrected chi connectivity index (χ0v) is 19.4. The summed E-state index contributed by atoms with van der Waals surface area (Å²) in [5.41, 5.74) is -1.71. The van der Waals surface area contributed by atoms with Crippen LogP contribution in [-0.4, -0.2) is 45.5 Å². The summed E-state index contributed by atoms with van der Waals surface area (Å²) in [6.45, 7) is 1.78. The van der Waals surface area contributed by atoms with Crippen LogP contribution in [0, 0.1) is 17.1 Å². The molecule has 1 aliphatic heterocycles. The zero-order valence-electron chi connectivity index (χ0n) is 19.4. The van der Waals surface area contributed by atoms with Crippen LogP contribution >= 0.6 is 0 Å². The lowest BCUT2D eigenvalue weighted by molar-refractivity contribution is -0.127. The van der Waals surface area contributed by atoms with Gasteiger partial charge in [0.05, 0.1) is 17.0 Å². The number of halogens is 3. The minimum Gasteiger partial charge on any atom is -0.355 e. The number of nitriles is 1. The monoisotopic (exact) mass is 484 g/mol. The molecule has 8 nitrogen and oxygen atoms in total. The molecule has 0 radical (unpaired) electrons. The molecule has 0 N–H and O–H groups in total. The van der Waals surface area contributed by atoms with Crippen molar-refractivity contribution in [1.29, 1.82) is 5.26 Å². The minimum absolute atomic E-state index is 0.0588. The molecule has 0 bridgehead atoms. The number of hydrogen-bond donors (Lipinski definition) is 0. The summed E-state index contributed by atoms with van der Waals surface area (Å²) in [6, 6.07) is 7.62. The highest BCUT2D eigenvalue weighted by molar-refractivity contribution is 5.88. The number of likely N-dealkylation sites (tertiary alicyclic amines) is 1. The molecule has 2 aromatic heterocycles. The van der Waals surface area contributed by atoms with Crippen molar-refractivity contribution in [3.8, 4) is 6.07 Å². The first-order chi connectivity index (χ1) is 16.6. The quantitative estimate of drug-likeness (QED) is 0.553. The van der Waals surface area contributed by atoms with E-state index in [9.17, 15) is 28.0 Å². The first-order valence-corrected chi connectivity index (χ1v) is 10.9. The van der Waals surface area contributed by atoms with E-state index in [1.54, 1.807) is 18.0 Å². The van der Waals surface area contributed by atoms with Gasteiger partial charge in [-0.25, -0.2) is 23.1 Å². The smallest absolute Gasteiger partial charge is 0.266 e. The number of pyridine rings is 1. The number of rotatable bonds is 5. The molecule has 4 rings (SSSR count). The van der Waals surface area contributed by atoms with Gasteiger partial charge in [-0.2, -0.15) is 5.26 Å². The summed E-state index contributed by atoms with van der Waals surface area (Å²) in [7, 11) is 3.15. The van der Waals surface area contributed by atoms with Gasteiger partial charge in [-0.05, 0) is 12.5 Å². The van der Waals surface area contributed by atoms with Gasteiger partial charge in [0.15, 0.2) is 0 Å². The van der Waals surface area contributed by atoms with Crippen LogP contribution < -0.4 is 10.5 Å². The lowest BCUT2D eigenvalue weighted by Crippen LogP contribution is -2.38. The minimum atomic E-state index is -2.94. The Labute approximate surface area is 199 Å². The molecule has 1 atom stereocenters. The zero-order chi connectivity index (χ0) is 25.5. The summed E-state index contributed by atoms with van der Waals surface area (Å²) in [4.78, 5) is 36.7. The molecule has 3 aromatic rings. The van der Waals surface area contributed by atoms with Gasteiger partial charge in [-0.1, -0.05) is 18.2 Å². The second-order valence-electron chi connectivity index (χ2n) is 8.72. The van der Waals surface area contributed by atoms with Gasteiger partial charge in [0, 0.05) is 51.8 Å². The average molecular weight is 484 g/mol. The van der Waals surface area contributed by atoms with Gasteiger partial charge < -0.3 is 9.80 Å². The summed E-state index contributed by atoms with van der Waals surface area (Å²) in [5, 5.41) is 10.5. The molecule has 1 aromatic carbocycles. The molecule has 1 aliphatic rings. The Hall–Kier alpha value is -3.94. The van der Waals surface area contributed by atoms with Gasteiger partial charge in [-0.3, -0.25) is 14.2 Å². The number of amides is 1. The van der Waals surface area contributed by atoms with E-state index in [4.69, 9.17) is 0 Å². The fourth-order valence-electron chi connectivity index (χ4n) is 4.57. The summed E-state index contributed by atoms with van der Waals surface area (Å²) in [5.74, 6) is -0.834. The number of nitrogens with zero attached hydrogens (tertiary/aromatic N) is 6. The van der Waals surface area contributed by atoms with Gasteiger partial charge in [0.2, 0.25) is 5.91 Å². The van der Waals surface area contributed by atoms with Crippen molar-refractivity contribution >= 4 is 22.8 Å². The Morgan fingerprint density at radius 1 is 1.34 bits per heavy atom. The molecular weight excluding hydrogens is 461 g/mol. The van der Waals surface area contributed by atoms with Crippen LogP contribution in [-0.2, 0) is 23.8 Å². The molecule has 3 heterocycles. The van der Waals surface area contributed by atoms with Crippen LogP contribution in [0.1, 0.15) is 36.5 Å². The number of carbonyl (C=O) groups is 1. The highest BCUT2D eigenvalue weighted by Gasteiger charge is 2.43. The molecule has 1 saturated heterocycles. The first kappa shape index (κ1) is 24.2. The maximum atomic E-state index is 14.6. The highest BCUT2D eigenvalue weighted by Crippen LogP contribution is 2.35. The SMILES string of the molecule is CC(=O)N1CCC(C#N)(c2cc3c(N(C)Cc4cccc(C(F)F)c4F)ncnc3n(C)c2=O)C1. The summed E-state index contributed by atoms with van der Waals surface area (Å²) >= 11 is 0. The van der Waals surface area contributed by atoms with E-state index in [-0.39, 0.29) is 30.1 Å². The Morgan fingerprint density at radius 3 is 2.71 bits per heavy atom. The maximum Gasteiger partial charge on any atom is 0.266 e. The Morgan fingerprint density at radius 2 is 2.09 bits per heavy atom. The summed E-state index contributed by atoms with van der Waals surface area (Å²) in [6.07, 6.45) is -1.39. The lowest BCUT2D eigenvalue weighted by Gasteiger charge is -2.24. The molecule has 182 valence electrons. The number of hydrogen-bond acceptors (Lipinski definition) is 6. The number of aromatic nitrogens is 3. The molecule has 1 unspecified atom stereocenters. The third kappa shape index (κ3) is 4.09. The fraction of sp³-hybridized carbons (Fsp3) is 0.375. The van der Waals surface area contributed by atoms with Gasteiger partial charge in [0.25, 0.3) is 12.0 Å². The van der Waals surface area contributed by atoms with E-state index < -0.39 is 28.8 Å². The average Bonchev–Trinajstić information content (AvgIpc) is 3.28. The number of anilines is 1. The topological polar surface area (TPSA) is 95.1 Å². The number of benzene rings is 1. The Balaban J connectivity index is 1.82. The first-order valence-electron chi connectivity index (χ1n) is 10.9. The van der Waals surface area contributed by atoms with Crippen molar-refractivity contribution in [3.63, 3.8) is 0 Å². The van der Waals surface area contributed by atoms with Crippen molar-refractivity contribution in [2.45, 2.75) is 31.7 Å². The third-order valence-electron chi connectivity index (χ3n) is 6.54. The molecular formula is C24H23F3N6O2. The molecule has 0 spiro atoms. The van der Waals surface area contributed by atoms with Crippen molar-refractivity contribution in [3.05, 3.63) is 63.5 Å². The Kier molecular flexibility index (Phi) is 6.23. The van der Waals surface area contributed by atoms with Crippen LogP contribution in [0.25, 0.3) is 11.0 Å². The van der Waals surface area contributed by atoms with Crippen LogP contribution in [0.3, 0.4) is 0 Å². The van der Waals surface area contributed by atoms with E-state index in [1.165, 1.54) is 41.9 Å². The number of carbonyl (C=O) groups excluding carboxylic acids is 1. The van der Waals surface area contributed by atoms with Crippen LogP contribution in [0.5, 0.6) is 0 Å². The van der Waals surface area contributed by atoms with E-state index in [1.807, 2.05) is 0 Å². The maximum absolute atomic E-state index is 14.6. The predicted octanol–water partition coefficient (Wildman–Crippen LogP) is 3.06. The molecule has 35 heavy (non-hydrogen) atoms. The largest absolute Gasteiger partial charge is 0.355 e. The third-order valence-corrected chi connectivity index (χ3v) is 6.54. The van der Waals surface area contributed by atoms with Crippen molar-refractivity contribution in [2.24, 2.45) is 7.05 Å². The second-order valence-corrected chi connectivity index (χ2v) is 8.72. The Bertz CT molecular complexity index is 1420. The molecule has 0 aliphatic carbocycles. The highest BCUT2D eigenvalue weighted by atomic mass is 19.3. The fourth-order valence-corrected chi connectivity index (χ4v) is 4.57.